The molecule has 0 aliphatic heterocycles. The standard InChI is InChI=1S/C14H26N2O6/c1-13(2,3)21-11(18)16(7)9(8-15)10(17)20-12(19)22-14(4,5)6/h9H,8,15H2,1-7H3/t9-/m0/s1. The Labute approximate surface area is 130 Å². The van der Waals surface area contributed by atoms with E-state index in [-0.39, 0.29) is 6.54 Å². The van der Waals surface area contributed by atoms with Crippen molar-refractivity contribution >= 4 is 18.2 Å². The van der Waals surface area contributed by atoms with Crippen molar-refractivity contribution in [2.24, 2.45) is 5.73 Å². The maximum absolute atomic E-state index is 11.9. The molecule has 2 N–H and O–H groups in total. The molecule has 0 saturated heterocycles. The summed E-state index contributed by atoms with van der Waals surface area (Å²) in [6.45, 7) is 9.74. The van der Waals surface area contributed by atoms with Crippen molar-refractivity contribution in [2.75, 3.05) is 13.6 Å². The van der Waals surface area contributed by atoms with Gasteiger partial charge in [-0.3, -0.25) is 4.90 Å². The minimum absolute atomic E-state index is 0.225. The third-order valence-electron chi connectivity index (χ3n) is 2.22. The van der Waals surface area contributed by atoms with E-state index in [1.165, 1.54) is 7.05 Å². The van der Waals surface area contributed by atoms with Crippen molar-refractivity contribution in [1.29, 1.82) is 0 Å². The van der Waals surface area contributed by atoms with Crippen LogP contribution in [-0.2, 0) is 19.0 Å². The monoisotopic (exact) mass is 318 g/mol. The van der Waals surface area contributed by atoms with E-state index in [4.69, 9.17) is 15.2 Å². The quantitative estimate of drug-likeness (QED) is 0.622. The van der Waals surface area contributed by atoms with Crippen LogP contribution in [-0.4, -0.2) is 54.0 Å². The number of carbonyl (C=O) groups is 3. The average Bonchev–Trinajstić information content (AvgIpc) is 2.24. The Balaban J connectivity index is 4.78. The second-order valence-corrected chi connectivity index (χ2v) is 6.73. The van der Waals surface area contributed by atoms with Crippen LogP contribution in [0.5, 0.6) is 0 Å². The number of likely N-dealkylation sites (N-methyl/N-ethyl adjacent to an activating group) is 1. The molecule has 0 fully saturated rings. The van der Waals surface area contributed by atoms with Gasteiger partial charge in [0.1, 0.15) is 17.2 Å². The number of rotatable bonds is 3. The predicted octanol–water partition coefficient (Wildman–Crippen LogP) is 1.66. The van der Waals surface area contributed by atoms with Gasteiger partial charge in [-0.2, -0.15) is 0 Å². The van der Waals surface area contributed by atoms with Crippen molar-refractivity contribution in [2.45, 2.75) is 58.8 Å². The van der Waals surface area contributed by atoms with Crippen LogP contribution < -0.4 is 5.73 Å². The van der Waals surface area contributed by atoms with E-state index in [0.29, 0.717) is 0 Å². The Hall–Kier alpha value is -1.83. The van der Waals surface area contributed by atoms with E-state index in [9.17, 15) is 14.4 Å². The molecule has 8 heteroatoms. The Morgan fingerprint density at radius 2 is 1.45 bits per heavy atom. The van der Waals surface area contributed by atoms with Gasteiger partial charge in [0.25, 0.3) is 0 Å². The van der Waals surface area contributed by atoms with Gasteiger partial charge in [-0.1, -0.05) is 0 Å². The fourth-order valence-corrected chi connectivity index (χ4v) is 1.29. The van der Waals surface area contributed by atoms with Crippen molar-refractivity contribution < 1.29 is 28.6 Å². The van der Waals surface area contributed by atoms with Crippen LogP contribution in [0.2, 0.25) is 0 Å². The van der Waals surface area contributed by atoms with Crippen LogP contribution in [0.1, 0.15) is 41.5 Å². The van der Waals surface area contributed by atoms with Crippen LogP contribution in [0, 0.1) is 0 Å². The zero-order chi connectivity index (χ0) is 17.7. The molecule has 8 nitrogen and oxygen atoms in total. The van der Waals surface area contributed by atoms with Crippen LogP contribution in [0.25, 0.3) is 0 Å². The van der Waals surface area contributed by atoms with E-state index in [1.54, 1.807) is 41.5 Å². The average molecular weight is 318 g/mol. The first-order chi connectivity index (χ1) is 9.76. The molecule has 0 radical (unpaired) electrons. The number of hydrogen-bond acceptors (Lipinski definition) is 7. The first-order valence-electron chi connectivity index (χ1n) is 6.87. The largest absolute Gasteiger partial charge is 0.516 e. The lowest BCUT2D eigenvalue weighted by Gasteiger charge is -2.28. The van der Waals surface area contributed by atoms with Gasteiger partial charge < -0.3 is 19.9 Å². The molecule has 0 aromatic heterocycles. The highest BCUT2D eigenvalue weighted by Gasteiger charge is 2.32. The zero-order valence-corrected chi connectivity index (χ0v) is 14.3. The molecular weight excluding hydrogens is 292 g/mol. The molecule has 0 aliphatic carbocycles. The summed E-state index contributed by atoms with van der Waals surface area (Å²) >= 11 is 0. The molecule has 0 unspecified atom stereocenters. The normalized spacial score (nSPS) is 13.1. The Bertz CT molecular complexity index is 422. The van der Waals surface area contributed by atoms with E-state index in [2.05, 4.69) is 4.74 Å². The molecule has 0 bridgehead atoms. The van der Waals surface area contributed by atoms with Gasteiger partial charge in [0.2, 0.25) is 0 Å². The molecule has 1 amide bonds. The third-order valence-corrected chi connectivity index (χ3v) is 2.22. The summed E-state index contributed by atoms with van der Waals surface area (Å²) in [5.41, 5.74) is 3.96. The minimum Gasteiger partial charge on any atom is -0.444 e. The van der Waals surface area contributed by atoms with E-state index in [0.717, 1.165) is 4.90 Å². The molecule has 0 rings (SSSR count). The van der Waals surface area contributed by atoms with Gasteiger partial charge in [0, 0.05) is 13.6 Å². The van der Waals surface area contributed by atoms with E-state index < -0.39 is 35.5 Å². The molecule has 0 heterocycles. The lowest BCUT2D eigenvalue weighted by Crippen LogP contribution is -2.49. The van der Waals surface area contributed by atoms with E-state index >= 15 is 0 Å². The second kappa shape index (κ2) is 7.44. The summed E-state index contributed by atoms with van der Waals surface area (Å²) in [5, 5.41) is 0. The molecule has 0 saturated carbocycles. The Kier molecular flexibility index (Phi) is 6.82. The Morgan fingerprint density at radius 3 is 1.82 bits per heavy atom. The lowest BCUT2D eigenvalue weighted by atomic mass is 10.2. The summed E-state index contributed by atoms with van der Waals surface area (Å²) in [7, 11) is 1.34. The fourth-order valence-electron chi connectivity index (χ4n) is 1.29. The number of ether oxygens (including phenoxy) is 3. The van der Waals surface area contributed by atoms with Crippen LogP contribution in [0.15, 0.2) is 0 Å². The molecule has 0 aromatic carbocycles. The van der Waals surface area contributed by atoms with Crippen molar-refractivity contribution in [3.8, 4) is 0 Å². The molecular formula is C14H26N2O6. The number of hydrogen-bond donors (Lipinski definition) is 1. The van der Waals surface area contributed by atoms with Crippen molar-refractivity contribution in [1.82, 2.24) is 4.90 Å². The minimum atomic E-state index is -1.15. The fraction of sp³-hybridized carbons (Fsp3) is 0.786. The van der Waals surface area contributed by atoms with Crippen LogP contribution in [0.4, 0.5) is 9.59 Å². The first-order valence-corrected chi connectivity index (χ1v) is 6.87. The maximum Gasteiger partial charge on any atom is 0.516 e. The highest BCUT2D eigenvalue weighted by Crippen LogP contribution is 2.12. The number of nitrogens with zero attached hydrogens (tertiary/aromatic N) is 1. The van der Waals surface area contributed by atoms with E-state index in [1.807, 2.05) is 0 Å². The topological polar surface area (TPSA) is 108 Å². The number of esters is 1. The second-order valence-electron chi connectivity index (χ2n) is 6.73. The summed E-state index contributed by atoms with van der Waals surface area (Å²) in [6, 6.07) is -1.15. The van der Waals surface area contributed by atoms with Gasteiger partial charge in [-0.25, -0.2) is 14.4 Å². The number of nitrogens with two attached hydrogens (primary N) is 1. The maximum atomic E-state index is 11.9. The van der Waals surface area contributed by atoms with Gasteiger partial charge >= 0.3 is 18.2 Å². The van der Waals surface area contributed by atoms with Gasteiger partial charge in [-0.05, 0) is 41.5 Å². The summed E-state index contributed by atoms with van der Waals surface area (Å²) < 4.78 is 14.5. The molecule has 0 spiro atoms. The predicted molar refractivity (Wildman–Crippen MR) is 79.2 cm³/mol. The van der Waals surface area contributed by atoms with Crippen molar-refractivity contribution in [3.05, 3.63) is 0 Å². The molecule has 128 valence electrons. The molecule has 1 atom stereocenters. The third kappa shape index (κ3) is 7.82. The number of amides is 1. The SMILES string of the molecule is CN(C(=O)OC(C)(C)C)[C@@H](CN)C(=O)OC(=O)OC(C)(C)C. The smallest absolute Gasteiger partial charge is 0.444 e. The van der Waals surface area contributed by atoms with Gasteiger partial charge in [0.15, 0.2) is 0 Å². The molecule has 22 heavy (non-hydrogen) atoms. The Morgan fingerprint density at radius 1 is 1.00 bits per heavy atom. The molecule has 0 aromatic rings. The summed E-state index contributed by atoms with van der Waals surface area (Å²) in [5.74, 6) is -0.981. The number of carbonyl (C=O) groups excluding carboxylic acids is 3. The van der Waals surface area contributed by atoms with Gasteiger partial charge in [-0.15, -0.1) is 0 Å². The zero-order valence-electron chi connectivity index (χ0n) is 14.3. The first kappa shape index (κ1) is 20.2. The highest BCUT2D eigenvalue weighted by atomic mass is 16.7. The van der Waals surface area contributed by atoms with Crippen molar-refractivity contribution in [3.63, 3.8) is 0 Å². The summed E-state index contributed by atoms with van der Waals surface area (Å²) in [6.07, 6.45) is -1.89. The van der Waals surface area contributed by atoms with Gasteiger partial charge in [0.05, 0.1) is 0 Å². The lowest BCUT2D eigenvalue weighted by molar-refractivity contribution is -0.146. The highest BCUT2D eigenvalue weighted by molar-refractivity contribution is 5.88. The summed E-state index contributed by atoms with van der Waals surface area (Å²) in [4.78, 5) is 36.3. The van der Waals surface area contributed by atoms with Crippen LogP contribution >= 0.6 is 0 Å². The van der Waals surface area contributed by atoms with Crippen LogP contribution in [0.3, 0.4) is 0 Å². The molecule has 0 aliphatic rings.